The molecule has 2 aliphatic heterocycles. The minimum atomic E-state index is -0.449. The molecule has 1 fully saturated rings. The number of carbonyl (C=O) groups excluding carboxylic acids is 1. The standard InChI is InChI=1S/C22H25N3O5/c1-23(17-6-8-18(9-7-17)25(27)28)22(26)15-24-11-2-4-19(24)16-5-10-20-21(14-16)30-13-3-12-29-20/h5-10,14,19H,2-4,11-13,15H2,1H3/t19-/m0/s1. The lowest BCUT2D eigenvalue weighted by Crippen LogP contribution is -2.38. The van der Waals surface area contributed by atoms with Crippen molar-refractivity contribution in [3.63, 3.8) is 0 Å². The van der Waals surface area contributed by atoms with Crippen LogP contribution in [0, 0.1) is 10.1 Å². The second-order valence-corrected chi connectivity index (χ2v) is 7.61. The zero-order valence-electron chi connectivity index (χ0n) is 17.0. The first kappa shape index (κ1) is 20.2. The van der Waals surface area contributed by atoms with Crippen LogP contribution in [0.4, 0.5) is 11.4 Å². The van der Waals surface area contributed by atoms with E-state index in [2.05, 4.69) is 11.0 Å². The molecule has 0 aliphatic carbocycles. The molecule has 30 heavy (non-hydrogen) atoms. The number of likely N-dealkylation sites (N-methyl/N-ethyl adjacent to an activating group) is 1. The van der Waals surface area contributed by atoms with Crippen LogP contribution in [0.1, 0.15) is 30.9 Å². The minimum absolute atomic E-state index is 0.00798. The summed E-state index contributed by atoms with van der Waals surface area (Å²) in [7, 11) is 1.70. The van der Waals surface area contributed by atoms with Gasteiger partial charge in [0.15, 0.2) is 11.5 Å². The van der Waals surface area contributed by atoms with Crippen molar-refractivity contribution >= 4 is 17.3 Å². The lowest BCUT2D eigenvalue weighted by atomic mass is 10.0. The number of non-ortho nitro benzene ring substituents is 1. The fraction of sp³-hybridized carbons (Fsp3) is 0.409. The molecule has 158 valence electrons. The lowest BCUT2D eigenvalue weighted by molar-refractivity contribution is -0.384. The second kappa shape index (κ2) is 8.71. The molecular formula is C22H25N3O5. The third kappa shape index (κ3) is 4.23. The summed E-state index contributed by atoms with van der Waals surface area (Å²) < 4.78 is 11.5. The number of carbonyl (C=O) groups is 1. The van der Waals surface area contributed by atoms with Crippen molar-refractivity contribution in [1.82, 2.24) is 4.90 Å². The molecule has 0 aromatic heterocycles. The average molecular weight is 411 g/mol. The fourth-order valence-corrected chi connectivity index (χ4v) is 4.00. The Bertz CT molecular complexity index is 931. The van der Waals surface area contributed by atoms with Gasteiger partial charge < -0.3 is 14.4 Å². The highest BCUT2D eigenvalue weighted by Gasteiger charge is 2.29. The highest BCUT2D eigenvalue weighted by Crippen LogP contribution is 2.37. The maximum Gasteiger partial charge on any atom is 0.269 e. The molecule has 0 N–H and O–H groups in total. The summed E-state index contributed by atoms with van der Waals surface area (Å²) in [6, 6.07) is 12.2. The van der Waals surface area contributed by atoms with Gasteiger partial charge in [0.2, 0.25) is 5.91 Å². The molecule has 0 spiro atoms. The lowest BCUT2D eigenvalue weighted by Gasteiger charge is -2.27. The Hall–Kier alpha value is -3.13. The van der Waals surface area contributed by atoms with E-state index in [1.165, 1.54) is 12.1 Å². The molecular weight excluding hydrogens is 386 g/mol. The SMILES string of the molecule is CN(C(=O)CN1CCC[C@H]1c1ccc2c(c1)OCCCO2)c1ccc([N+](=O)[O-])cc1. The van der Waals surface area contributed by atoms with E-state index in [9.17, 15) is 14.9 Å². The first-order chi connectivity index (χ1) is 14.5. The van der Waals surface area contributed by atoms with Gasteiger partial charge in [0, 0.05) is 37.3 Å². The first-order valence-corrected chi connectivity index (χ1v) is 10.2. The summed E-state index contributed by atoms with van der Waals surface area (Å²) in [6.07, 6.45) is 2.87. The van der Waals surface area contributed by atoms with Gasteiger partial charge in [-0.25, -0.2) is 0 Å². The topological polar surface area (TPSA) is 85.2 Å². The Morgan fingerprint density at radius 2 is 1.87 bits per heavy atom. The Morgan fingerprint density at radius 1 is 1.13 bits per heavy atom. The van der Waals surface area contributed by atoms with E-state index in [-0.39, 0.29) is 24.2 Å². The molecule has 0 saturated carbocycles. The Kier molecular flexibility index (Phi) is 5.85. The molecule has 1 atom stereocenters. The summed E-state index contributed by atoms with van der Waals surface area (Å²) in [5.41, 5.74) is 1.77. The Balaban J connectivity index is 1.45. The van der Waals surface area contributed by atoms with Crippen LogP contribution in [-0.2, 0) is 4.79 Å². The van der Waals surface area contributed by atoms with Crippen LogP contribution in [-0.4, -0.2) is 49.1 Å². The molecule has 8 nitrogen and oxygen atoms in total. The number of likely N-dealkylation sites (tertiary alicyclic amines) is 1. The first-order valence-electron chi connectivity index (χ1n) is 10.2. The van der Waals surface area contributed by atoms with Crippen LogP contribution in [0.25, 0.3) is 0 Å². The highest BCUT2D eigenvalue weighted by atomic mass is 16.6. The second-order valence-electron chi connectivity index (χ2n) is 7.61. The summed E-state index contributed by atoms with van der Waals surface area (Å²) >= 11 is 0. The van der Waals surface area contributed by atoms with E-state index >= 15 is 0 Å². The van der Waals surface area contributed by atoms with Crippen molar-refractivity contribution in [2.75, 3.05) is 38.3 Å². The third-order valence-corrected chi connectivity index (χ3v) is 5.68. The third-order valence-electron chi connectivity index (χ3n) is 5.68. The number of nitrogens with zero attached hydrogens (tertiary/aromatic N) is 3. The van der Waals surface area contributed by atoms with Crippen molar-refractivity contribution in [2.24, 2.45) is 0 Å². The monoisotopic (exact) mass is 411 g/mol. The fourth-order valence-electron chi connectivity index (χ4n) is 4.00. The number of fused-ring (bicyclic) bond motifs is 1. The normalized spacial score (nSPS) is 18.6. The minimum Gasteiger partial charge on any atom is -0.490 e. The van der Waals surface area contributed by atoms with Crippen LogP contribution in [0.5, 0.6) is 11.5 Å². The van der Waals surface area contributed by atoms with Crippen LogP contribution >= 0.6 is 0 Å². The van der Waals surface area contributed by atoms with Gasteiger partial charge in [-0.05, 0) is 49.2 Å². The molecule has 2 heterocycles. The smallest absolute Gasteiger partial charge is 0.269 e. The number of nitro groups is 1. The predicted molar refractivity (Wildman–Crippen MR) is 112 cm³/mol. The van der Waals surface area contributed by atoms with Gasteiger partial charge in [0.05, 0.1) is 24.7 Å². The van der Waals surface area contributed by atoms with Gasteiger partial charge in [-0.2, -0.15) is 0 Å². The molecule has 8 heteroatoms. The van der Waals surface area contributed by atoms with Crippen LogP contribution in [0.15, 0.2) is 42.5 Å². The van der Waals surface area contributed by atoms with E-state index in [4.69, 9.17) is 9.47 Å². The molecule has 0 radical (unpaired) electrons. The maximum absolute atomic E-state index is 12.9. The molecule has 2 aromatic carbocycles. The molecule has 2 aromatic rings. The molecule has 0 bridgehead atoms. The van der Waals surface area contributed by atoms with Gasteiger partial charge in [-0.15, -0.1) is 0 Å². The number of anilines is 1. The summed E-state index contributed by atoms with van der Waals surface area (Å²) in [5, 5.41) is 10.8. The number of amides is 1. The summed E-state index contributed by atoms with van der Waals surface area (Å²) in [6.45, 7) is 2.43. The van der Waals surface area contributed by atoms with Gasteiger partial charge >= 0.3 is 0 Å². The number of nitro benzene ring substituents is 1. The maximum atomic E-state index is 12.9. The summed E-state index contributed by atoms with van der Waals surface area (Å²) in [4.78, 5) is 27.0. The molecule has 1 saturated heterocycles. The zero-order valence-corrected chi connectivity index (χ0v) is 17.0. The number of hydrogen-bond acceptors (Lipinski definition) is 6. The Morgan fingerprint density at radius 3 is 2.60 bits per heavy atom. The molecule has 0 unspecified atom stereocenters. The van der Waals surface area contributed by atoms with Crippen LogP contribution in [0.2, 0.25) is 0 Å². The average Bonchev–Trinajstić information content (AvgIpc) is 3.08. The van der Waals surface area contributed by atoms with E-state index < -0.39 is 4.92 Å². The number of benzene rings is 2. The largest absolute Gasteiger partial charge is 0.490 e. The number of rotatable bonds is 5. The van der Waals surface area contributed by atoms with Gasteiger partial charge in [-0.1, -0.05) is 6.07 Å². The van der Waals surface area contributed by atoms with E-state index in [1.807, 2.05) is 12.1 Å². The van der Waals surface area contributed by atoms with E-state index in [0.29, 0.717) is 18.9 Å². The van der Waals surface area contributed by atoms with Gasteiger partial charge in [0.1, 0.15) is 0 Å². The summed E-state index contributed by atoms with van der Waals surface area (Å²) in [5.74, 6) is 1.49. The van der Waals surface area contributed by atoms with Gasteiger partial charge in [-0.3, -0.25) is 19.8 Å². The van der Waals surface area contributed by atoms with Crippen molar-refractivity contribution in [1.29, 1.82) is 0 Å². The van der Waals surface area contributed by atoms with Crippen LogP contribution < -0.4 is 14.4 Å². The Labute approximate surface area is 175 Å². The quantitative estimate of drug-likeness (QED) is 0.553. The van der Waals surface area contributed by atoms with Gasteiger partial charge in [0.25, 0.3) is 5.69 Å². The van der Waals surface area contributed by atoms with Crippen molar-refractivity contribution in [3.05, 3.63) is 58.1 Å². The molecule has 2 aliphatic rings. The van der Waals surface area contributed by atoms with Crippen molar-refractivity contribution < 1.29 is 19.2 Å². The van der Waals surface area contributed by atoms with E-state index in [0.717, 1.165) is 42.9 Å². The number of ether oxygens (including phenoxy) is 2. The van der Waals surface area contributed by atoms with Crippen LogP contribution in [0.3, 0.4) is 0 Å². The highest BCUT2D eigenvalue weighted by molar-refractivity contribution is 5.94. The predicted octanol–water partition coefficient (Wildman–Crippen LogP) is 3.56. The van der Waals surface area contributed by atoms with Crippen molar-refractivity contribution in [3.8, 4) is 11.5 Å². The number of hydrogen-bond donors (Lipinski definition) is 0. The zero-order chi connectivity index (χ0) is 21.1. The molecule has 4 rings (SSSR count). The molecule has 1 amide bonds. The van der Waals surface area contributed by atoms with E-state index in [1.54, 1.807) is 24.1 Å². The van der Waals surface area contributed by atoms with Crippen molar-refractivity contribution in [2.45, 2.75) is 25.3 Å².